The first-order valence-electron chi connectivity index (χ1n) is 6.76. The average molecular weight is 284 g/mol. The number of carbonyl (C=O) groups is 2. The van der Waals surface area contributed by atoms with Crippen LogP contribution < -0.4 is 0 Å². The van der Waals surface area contributed by atoms with Gasteiger partial charge in [0.15, 0.2) is 0 Å². The number of rotatable bonds is 11. The lowest BCUT2D eigenvalue weighted by Gasteiger charge is -2.13. The lowest BCUT2D eigenvalue weighted by atomic mass is 10.1. The topological polar surface area (TPSA) is 61.8 Å². The van der Waals surface area contributed by atoms with Crippen LogP contribution in [0.2, 0.25) is 0 Å². The van der Waals surface area contributed by atoms with Gasteiger partial charge in [-0.05, 0) is 13.3 Å². The van der Waals surface area contributed by atoms with Crippen molar-refractivity contribution in [1.82, 2.24) is 0 Å². The molecule has 0 aromatic carbocycles. The minimum absolute atomic E-state index is 0.197. The number of unbranched alkanes of at least 4 members (excludes halogenated alkanes) is 1. The molecule has 20 heavy (non-hydrogen) atoms. The largest absolute Gasteiger partial charge is 0.460 e. The van der Waals surface area contributed by atoms with Crippen LogP contribution in [-0.2, 0) is 23.8 Å². The zero-order valence-corrected chi connectivity index (χ0v) is 12.4. The highest BCUT2D eigenvalue weighted by molar-refractivity contribution is 5.88. The third-order valence-electron chi connectivity index (χ3n) is 2.41. The molecule has 0 aliphatic heterocycles. The number of hydrogen-bond acceptors (Lipinski definition) is 5. The van der Waals surface area contributed by atoms with E-state index in [9.17, 15) is 9.59 Å². The van der Waals surface area contributed by atoms with Gasteiger partial charge in [0.05, 0.1) is 6.61 Å². The quantitative estimate of drug-likeness (QED) is 0.331. The van der Waals surface area contributed by atoms with Crippen molar-refractivity contribution in [2.75, 3.05) is 19.8 Å². The van der Waals surface area contributed by atoms with Crippen molar-refractivity contribution in [1.29, 1.82) is 0 Å². The summed E-state index contributed by atoms with van der Waals surface area (Å²) in [6, 6.07) is 0. The van der Waals surface area contributed by atoms with E-state index in [4.69, 9.17) is 14.2 Å². The van der Waals surface area contributed by atoms with Crippen LogP contribution in [0.4, 0.5) is 0 Å². The standard InChI is InChI=1S/C15H24O5/c1-5-7-8-18-9-10-19-15(17)12(3)11-13(4)20-14(16)6-2/h6,13H,2-3,5,7-11H2,1,4H3. The molecular formula is C15H24O5. The lowest BCUT2D eigenvalue weighted by Crippen LogP contribution is -2.18. The maximum atomic E-state index is 11.6. The molecule has 0 aromatic rings. The van der Waals surface area contributed by atoms with E-state index in [-0.39, 0.29) is 18.6 Å². The summed E-state index contributed by atoms with van der Waals surface area (Å²) in [5, 5.41) is 0. The molecule has 1 atom stereocenters. The second-order valence-corrected chi connectivity index (χ2v) is 4.36. The Balaban J connectivity index is 3.78. The highest BCUT2D eigenvalue weighted by atomic mass is 16.6. The predicted octanol–water partition coefficient (Wildman–Crippen LogP) is 2.41. The minimum Gasteiger partial charge on any atom is -0.460 e. The number of ether oxygens (including phenoxy) is 3. The summed E-state index contributed by atoms with van der Waals surface area (Å²) in [4.78, 5) is 22.6. The number of hydrogen-bond donors (Lipinski definition) is 0. The van der Waals surface area contributed by atoms with Gasteiger partial charge >= 0.3 is 11.9 Å². The highest BCUT2D eigenvalue weighted by Crippen LogP contribution is 2.08. The smallest absolute Gasteiger partial charge is 0.333 e. The second-order valence-electron chi connectivity index (χ2n) is 4.36. The molecule has 114 valence electrons. The predicted molar refractivity (Wildman–Crippen MR) is 76.2 cm³/mol. The van der Waals surface area contributed by atoms with Crippen molar-refractivity contribution in [2.24, 2.45) is 0 Å². The Hall–Kier alpha value is -1.62. The van der Waals surface area contributed by atoms with Crippen LogP contribution in [0.25, 0.3) is 0 Å². The number of carbonyl (C=O) groups excluding carboxylic acids is 2. The molecule has 0 aliphatic rings. The van der Waals surface area contributed by atoms with Crippen LogP contribution in [0.1, 0.15) is 33.1 Å². The van der Waals surface area contributed by atoms with Crippen LogP contribution >= 0.6 is 0 Å². The average Bonchev–Trinajstić information content (AvgIpc) is 2.41. The van der Waals surface area contributed by atoms with E-state index in [0.717, 1.165) is 18.9 Å². The summed E-state index contributed by atoms with van der Waals surface area (Å²) < 4.78 is 15.2. The Morgan fingerprint density at radius 3 is 2.55 bits per heavy atom. The van der Waals surface area contributed by atoms with Crippen molar-refractivity contribution in [2.45, 2.75) is 39.2 Å². The van der Waals surface area contributed by atoms with Crippen LogP contribution in [0.5, 0.6) is 0 Å². The molecule has 0 bridgehead atoms. The fourth-order valence-corrected chi connectivity index (χ4v) is 1.36. The monoisotopic (exact) mass is 284 g/mol. The fraction of sp³-hybridized carbons (Fsp3) is 0.600. The van der Waals surface area contributed by atoms with E-state index in [2.05, 4.69) is 20.1 Å². The van der Waals surface area contributed by atoms with Gasteiger partial charge in [0.25, 0.3) is 0 Å². The summed E-state index contributed by atoms with van der Waals surface area (Å²) in [6.45, 7) is 11.9. The molecule has 0 radical (unpaired) electrons. The molecule has 0 aromatic heterocycles. The van der Waals surface area contributed by atoms with Crippen molar-refractivity contribution < 1.29 is 23.8 Å². The highest BCUT2D eigenvalue weighted by Gasteiger charge is 2.14. The third kappa shape index (κ3) is 9.33. The number of esters is 2. The van der Waals surface area contributed by atoms with Crippen molar-refractivity contribution >= 4 is 11.9 Å². The van der Waals surface area contributed by atoms with Crippen LogP contribution in [-0.4, -0.2) is 37.9 Å². The Morgan fingerprint density at radius 2 is 1.95 bits per heavy atom. The normalized spacial score (nSPS) is 11.5. The fourth-order valence-electron chi connectivity index (χ4n) is 1.36. The summed E-state index contributed by atoms with van der Waals surface area (Å²) in [5.41, 5.74) is 0.267. The van der Waals surface area contributed by atoms with Gasteiger partial charge in [-0.3, -0.25) is 0 Å². The van der Waals surface area contributed by atoms with E-state index in [1.165, 1.54) is 0 Å². The molecule has 0 heterocycles. The summed E-state index contributed by atoms with van der Waals surface area (Å²) >= 11 is 0. The van der Waals surface area contributed by atoms with Crippen LogP contribution in [0.3, 0.4) is 0 Å². The van der Waals surface area contributed by atoms with E-state index >= 15 is 0 Å². The summed E-state index contributed by atoms with van der Waals surface area (Å²) in [5.74, 6) is -1.02. The van der Waals surface area contributed by atoms with Crippen LogP contribution in [0, 0.1) is 0 Å². The molecule has 0 fully saturated rings. The van der Waals surface area contributed by atoms with Crippen molar-refractivity contribution in [3.05, 3.63) is 24.8 Å². The molecule has 0 saturated carbocycles. The van der Waals surface area contributed by atoms with Crippen molar-refractivity contribution in [3.8, 4) is 0 Å². The summed E-state index contributed by atoms with van der Waals surface area (Å²) in [6.07, 6.45) is 2.92. The maximum Gasteiger partial charge on any atom is 0.333 e. The van der Waals surface area contributed by atoms with Gasteiger partial charge in [0.2, 0.25) is 0 Å². The molecule has 5 nitrogen and oxygen atoms in total. The van der Waals surface area contributed by atoms with E-state index in [1.54, 1.807) is 6.92 Å². The summed E-state index contributed by atoms with van der Waals surface area (Å²) in [7, 11) is 0. The van der Waals surface area contributed by atoms with Gasteiger partial charge in [-0.2, -0.15) is 0 Å². The van der Waals surface area contributed by atoms with Gasteiger partial charge in [0, 0.05) is 24.7 Å². The molecule has 1 unspecified atom stereocenters. The molecular weight excluding hydrogens is 260 g/mol. The van der Waals surface area contributed by atoms with Gasteiger partial charge in [-0.1, -0.05) is 26.5 Å². The molecule has 0 saturated heterocycles. The van der Waals surface area contributed by atoms with Gasteiger partial charge < -0.3 is 14.2 Å². The van der Waals surface area contributed by atoms with Gasteiger partial charge in [-0.25, -0.2) is 9.59 Å². The molecule has 0 rings (SSSR count). The lowest BCUT2D eigenvalue weighted by molar-refractivity contribution is -0.145. The Labute approximate surface area is 120 Å². The minimum atomic E-state index is -0.525. The van der Waals surface area contributed by atoms with Gasteiger partial charge in [0.1, 0.15) is 12.7 Å². The third-order valence-corrected chi connectivity index (χ3v) is 2.41. The zero-order valence-electron chi connectivity index (χ0n) is 12.4. The Bertz CT molecular complexity index is 335. The first kappa shape index (κ1) is 18.4. The SMILES string of the molecule is C=CC(=O)OC(C)CC(=C)C(=O)OCCOCCCC. The molecule has 0 amide bonds. The zero-order chi connectivity index (χ0) is 15.4. The Morgan fingerprint density at radius 1 is 1.25 bits per heavy atom. The second kappa shape index (κ2) is 11.2. The van der Waals surface area contributed by atoms with Crippen LogP contribution in [0.15, 0.2) is 24.8 Å². The first-order chi connectivity index (χ1) is 9.51. The molecule has 0 spiro atoms. The molecule has 0 N–H and O–H groups in total. The van der Waals surface area contributed by atoms with E-state index in [1.807, 2.05) is 0 Å². The van der Waals surface area contributed by atoms with E-state index in [0.29, 0.717) is 13.2 Å². The Kier molecular flexibility index (Phi) is 10.3. The maximum absolute atomic E-state index is 11.6. The van der Waals surface area contributed by atoms with Gasteiger partial charge in [-0.15, -0.1) is 0 Å². The van der Waals surface area contributed by atoms with E-state index < -0.39 is 18.0 Å². The van der Waals surface area contributed by atoms with Crippen molar-refractivity contribution in [3.63, 3.8) is 0 Å². The molecule has 5 heteroatoms. The molecule has 0 aliphatic carbocycles. The first-order valence-corrected chi connectivity index (χ1v) is 6.76.